The van der Waals surface area contributed by atoms with Crippen molar-refractivity contribution in [1.82, 2.24) is 14.9 Å². The lowest BCUT2D eigenvalue weighted by Crippen LogP contribution is -2.30. The summed E-state index contributed by atoms with van der Waals surface area (Å²) in [6.07, 6.45) is 4.97. The van der Waals surface area contributed by atoms with Crippen molar-refractivity contribution in [2.75, 3.05) is 15.9 Å². The van der Waals surface area contributed by atoms with Crippen molar-refractivity contribution in [1.29, 1.82) is 0 Å². The standard InChI is InChI=1S/C21H23N5O2S2/c1-3-25-14-6-8-18(25)20-19(17-7-4-5-13-22-17)23-21(29)26(20)16-11-9-15(10-12-16)24-30(2,27)28/h4-14,19-20,24H,3H2,1-2H3,(H,23,29)/t19-,20+/m1/s1. The van der Waals surface area contributed by atoms with Crippen molar-refractivity contribution < 1.29 is 8.42 Å². The number of hydrogen-bond donors (Lipinski definition) is 2. The molecule has 0 bridgehead atoms. The molecule has 3 heterocycles. The third kappa shape index (κ3) is 4.03. The van der Waals surface area contributed by atoms with Crippen LogP contribution in [0.15, 0.2) is 67.0 Å². The first-order valence-corrected chi connectivity index (χ1v) is 11.9. The molecule has 4 rings (SSSR count). The molecule has 1 saturated heterocycles. The minimum atomic E-state index is -3.33. The van der Waals surface area contributed by atoms with E-state index in [0.29, 0.717) is 10.8 Å². The van der Waals surface area contributed by atoms with Crippen molar-refractivity contribution in [2.45, 2.75) is 25.6 Å². The Bertz CT molecular complexity index is 1140. The largest absolute Gasteiger partial charge is 0.351 e. The van der Waals surface area contributed by atoms with E-state index in [0.717, 1.165) is 29.9 Å². The summed E-state index contributed by atoms with van der Waals surface area (Å²) in [5, 5.41) is 4.03. The van der Waals surface area contributed by atoms with Crippen LogP contribution in [0.3, 0.4) is 0 Å². The quantitative estimate of drug-likeness (QED) is 0.571. The van der Waals surface area contributed by atoms with Crippen LogP contribution in [-0.4, -0.2) is 29.3 Å². The third-order valence-corrected chi connectivity index (χ3v) is 5.98. The maximum absolute atomic E-state index is 11.5. The van der Waals surface area contributed by atoms with Crippen molar-refractivity contribution >= 4 is 38.7 Å². The molecular weight excluding hydrogens is 418 g/mol. The summed E-state index contributed by atoms with van der Waals surface area (Å²) in [5.74, 6) is 0. The Morgan fingerprint density at radius 3 is 2.53 bits per heavy atom. The van der Waals surface area contributed by atoms with Crippen LogP contribution >= 0.6 is 12.2 Å². The van der Waals surface area contributed by atoms with Crippen LogP contribution in [0.1, 0.15) is 30.4 Å². The van der Waals surface area contributed by atoms with Crippen LogP contribution in [0.25, 0.3) is 0 Å². The number of hydrogen-bond acceptors (Lipinski definition) is 4. The molecule has 1 aromatic carbocycles. The Hall–Kier alpha value is -2.91. The molecule has 2 aromatic heterocycles. The Morgan fingerprint density at radius 2 is 1.90 bits per heavy atom. The smallest absolute Gasteiger partial charge is 0.229 e. The van der Waals surface area contributed by atoms with Gasteiger partial charge >= 0.3 is 0 Å². The minimum Gasteiger partial charge on any atom is -0.351 e. The number of aromatic nitrogens is 2. The number of thiocarbonyl (C=S) groups is 1. The molecular formula is C21H23N5O2S2. The number of anilines is 2. The van der Waals surface area contributed by atoms with Gasteiger partial charge in [-0.05, 0) is 67.7 Å². The average Bonchev–Trinajstić information content (AvgIpc) is 3.32. The lowest BCUT2D eigenvalue weighted by Gasteiger charge is -2.29. The second kappa shape index (κ2) is 8.08. The summed E-state index contributed by atoms with van der Waals surface area (Å²) in [6, 6.07) is 17.0. The number of rotatable bonds is 6. The van der Waals surface area contributed by atoms with E-state index in [1.165, 1.54) is 0 Å². The predicted molar refractivity (Wildman–Crippen MR) is 123 cm³/mol. The number of benzene rings is 1. The molecule has 2 N–H and O–H groups in total. The Kier molecular flexibility index (Phi) is 5.48. The molecule has 30 heavy (non-hydrogen) atoms. The fourth-order valence-electron chi connectivity index (χ4n) is 3.82. The Labute approximate surface area is 181 Å². The zero-order valence-corrected chi connectivity index (χ0v) is 18.3. The van der Waals surface area contributed by atoms with E-state index in [9.17, 15) is 8.42 Å². The highest BCUT2D eigenvalue weighted by Gasteiger charge is 2.41. The maximum atomic E-state index is 11.5. The Morgan fingerprint density at radius 1 is 1.13 bits per heavy atom. The summed E-state index contributed by atoms with van der Waals surface area (Å²) in [6.45, 7) is 2.95. The summed E-state index contributed by atoms with van der Waals surface area (Å²) >= 11 is 5.72. The van der Waals surface area contributed by atoms with Gasteiger partial charge in [0.2, 0.25) is 10.0 Å². The van der Waals surface area contributed by atoms with Crippen LogP contribution < -0.4 is 14.9 Å². The van der Waals surface area contributed by atoms with Gasteiger partial charge < -0.3 is 14.8 Å². The third-order valence-electron chi connectivity index (χ3n) is 5.06. The van der Waals surface area contributed by atoms with E-state index >= 15 is 0 Å². The van der Waals surface area contributed by atoms with Gasteiger partial charge in [0.1, 0.15) is 6.04 Å². The van der Waals surface area contributed by atoms with Gasteiger partial charge in [-0.3, -0.25) is 9.71 Å². The van der Waals surface area contributed by atoms with Crippen molar-refractivity contribution in [3.8, 4) is 0 Å². The summed E-state index contributed by atoms with van der Waals surface area (Å²) in [7, 11) is -3.33. The van der Waals surface area contributed by atoms with E-state index in [-0.39, 0.29) is 12.1 Å². The molecule has 0 saturated carbocycles. The van der Waals surface area contributed by atoms with E-state index in [4.69, 9.17) is 12.2 Å². The van der Waals surface area contributed by atoms with E-state index < -0.39 is 10.0 Å². The first kappa shape index (κ1) is 20.4. The van der Waals surface area contributed by atoms with Gasteiger partial charge in [0.25, 0.3) is 0 Å². The summed E-state index contributed by atoms with van der Waals surface area (Å²) in [4.78, 5) is 6.63. The number of nitrogens with zero attached hydrogens (tertiary/aromatic N) is 3. The minimum absolute atomic E-state index is 0.101. The van der Waals surface area contributed by atoms with Gasteiger partial charge in [0, 0.05) is 36.0 Å². The fourth-order valence-corrected chi connectivity index (χ4v) is 4.73. The monoisotopic (exact) mass is 441 g/mol. The van der Waals surface area contributed by atoms with Crippen LogP contribution in [0.4, 0.5) is 11.4 Å². The first-order chi connectivity index (χ1) is 14.4. The van der Waals surface area contributed by atoms with Crippen LogP contribution in [-0.2, 0) is 16.6 Å². The molecule has 1 fully saturated rings. The van der Waals surface area contributed by atoms with E-state index in [2.05, 4.69) is 43.7 Å². The van der Waals surface area contributed by atoms with Crippen molar-refractivity contribution in [3.63, 3.8) is 0 Å². The molecule has 0 radical (unpaired) electrons. The highest BCUT2D eigenvalue weighted by molar-refractivity contribution is 7.92. The predicted octanol–water partition coefficient (Wildman–Crippen LogP) is 3.45. The molecule has 3 aromatic rings. The second-order valence-corrected chi connectivity index (χ2v) is 9.27. The molecule has 0 unspecified atom stereocenters. The first-order valence-electron chi connectivity index (χ1n) is 9.61. The summed E-state index contributed by atoms with van der Waals surface area (Å²) < 4.78 is 27.7. The topological polar surface area (TPSA) is 79.3 Å². The van der Waals surface area contributed by atoms with Crippen LogP contribution in [0.5, 0.6) is 0 Å². The molecule has 1 aliphatic rings. The summed E-state index contributed by atoms with van der Waals surface area (Å²) in [5.41, 5.74) is 3.42. The maximum Gasteiger partial charge on any atom is 0.229 e. The van der Waals surface area contributed by atoms with Gasteiger partial charge in [-0.15, -0.1) is 0 Å². The number of nitrogens with one attached hydrogen (secondary N) is 2. The average molecular weight is 442 g/mol. The molecule has 2 atom stereocenters. The van der Waals surface area contributed by atoms with Gasteiger partial charge in [-0.1, -0.05) is 6.07 Å². The number of pyridine rings is 1. The molecule has 1 aliphatic heterocycles. The van der Waals surface area contributed by atoms with Crippen molar-refractivity contribution in [3.05, 3.63) is 78.4 Å². The number of sulfonamides is 1. The molecule has 0 aliphatic carbocycles. The van der Waals surface area contributed by atoms with Gasteiger partial charge in [-0.2, -0.15) is 0 Å². The highest BCUT2D eigenvalue weighted by Crippen LogP contribution is 2.41. The molecule has 7 nitrogen and oxygen atoms in total. The normalized spacial score (nSPS) is 19.0. The van der Waals surface area contributed by atoms with E-state index in [1.807, 2.05) is 36.4 Å². The fraction of sp³-hybridized carbons (Fsp3) is 0.238. The van der Waals surface area contributed by atoms with Crippen molar-refractivity contribution in [2.24, 2.45) is 0 Å². The highest BCUT2D eigenvalue weighted by atomic mass is 32.2. The van der Waals surface area contributed by atoms with Gasteiger partial charge in [0.05, 0.1) is 18.0 Å². The lowest BCUT2D eigenvalue weighted by atomic mass is 10.0. The lowest BCUT2D eigenvalue weighted by molar-refractivity contribution is 0.529. The molecule has 9 heteroatoms. The SMILES string of the molecule is CCn1cccc1[C@H]1[C@@H](c2ccccn2)NC(=S)N1c1ccc(NS(C)(=O)=O)cc1. The van der Waals surface area contributed by atoms with Gasteiger partial charge in [0.15, 0.2) is 5.11 Å². The van der Waals surface area contributed by atoms with Crippen LogP contribution in [0.2, 0.25) is 0 Å². The zero-order chi connectivity index (χ0) is 21.3. The van der Waals surface area contributed by atoms with Gasteiger partial charge in [-0.25, -0.2) is 8.42 Å². The van der Waals surface area contributed by atoms with E-state index in [1.54, 1.807) is 18.3 Å². The van der Waals surface area contributed by atoms with Crippen LogP contribution in [0, 0.1) is 0 Å². The second-order valence-electron chi connectivity index (χ2n) is 7.14. The molecule has 0 spiro atoms. The molecule has 156 valence electrons. The molecule has 0 amide bonds. The Balaban J connectivity index is 1.76. The zero-order valence-electron chi connectivity index (χ0n) is 16.7. The number of aryl methyl sites for hydroxylation is 1.